The first-order chi connectivity index (χ1) is 69.7. The van der Waals surface area contributed by atoms with E-state index >= 15 is 0 Å². The van der Waals surface area contributed by atoms with Gasteiger partial charge in [0.25, 0.3) is 0 Å². The summed E-state index contributed by atoms with van der Waals surface area (Å²) in [6, 6.07) is 158. The van der Waals surface area contributed by atoms with Crippen LogP contribution in [0.5, 0.6) is 0 Å². The fourth-order valence-electron chi connectivity index (χ4n) is 25.7. The van der Waals surface area contributed by atoms with Crippen molar-refractivity contribution in [3.63, 3.8) is 0 Å². The maximum absolute atomic E-state index is 2.57. The maximum atomic E-state index is 2.57. The maximum Gasteiger partial charge on any atom is 0.0490 e. The molecule has 0 saturated carbocycles. The molecule has 0 radical (unpaired) electrons. The number of para-hydroxylation sites is 7. The second kappa shape index (κ2) is 29.7. The predicted octanol–water partition coefficient (Wildman–Crippen LogP) is 35.0. The average molecular weight is 1820 g/mol. The Morgan fingerprint density at radius 1 is 0.141 bits per heavy atom. The number of benzene rings is 22. The summed E-state index contributed by atoms with van der Waals surface area (Å²) in [6.07, 6.45) is 0. The van der Waals surface area contributed by atoms with Gasteiger partial charge in [0.05, 0.1) is 0 Å². The third-order valence-electron chi connectivity index (χ3n) is 32.5. The molecular formula is C131H93N11. The highest BCUT2D eigenvalue weighted by molar-refractivity contribution is 6.41. The molecule has 142 heavy (non-hydrogen) atoms. The number of hydrogen-bond acceptors (Lipinski definition) is 4. The molecule has 7 aromatic heterocycles. The van der Waals surface area contributed by atoms with Crippen molar-refractivity contribution in [2.75, 3.05) is 19.6 Å². The number of fused-ring (bicyclic) bond motifs is 35. The third-order valence-corrected chi connectivity index (χ3v) is 32.5. The van der Waals surface area contributed by atoms with Gasteiger partial charge in [0.1, 0.15) is 0 Å². The van der Waals surface area contributed by atoms with Crippen molar-refractivity contribution < 1.29 is 0 Å². The Labute approximate surface area is 817 Å². The molecule has 11 nitrogen and oxygen atoms in total. The van der Waals surface area contributed by atoms with Crippen LogP contribution in [0.3, 0.4) is 0 Å². The van der Waals surface area contributed by atoms with Gasteiger partial charge in [-0.05, 0) is 307 Å². The topological polar surface area (TPSA) is 47.5 Å². The van der Waals surface area contributed by atoms with Gasteiger partial charge in [0, 0.05) is 276 Å². The van der Waals surface area contributed by atoms with E-state index < -0.39 is 0 Å². The zero-order chi connectivity index (χ0) is 94.2. The first-order valence-corrected chi connectivity index (χ1v) is 49.3. The number of aromatic nitrogens is 7. The van der Waals surface area contributed by atoms with Crippen molar-refractivity contribution in [3.8, 4) is 11.1 Å². The van der Waals surface area contributed by atoms with Gasteiger partial charge in [-0.15, -0.1) is 0 Å². The van der Waals surface area contributed by atoms with Crippen molar-refractivity contribution in [1.82, 2.24) is 32.0 Å². The van der Waals surface area contributed by atoms with E-state index in [0.717, 1.165) is 122 Å². The van der Waals surface area contributed by atoms with Gasteiger partial charge in [0.2, 0.25) is 0 Å². The number of hydrogen-bond donors (Lipinski definition) is 0. The molecule has 22 aromatic carbocycles. The molecule has 0 amide bonds. The zero-order valence-corrected chi connectivity index (χ0v) is 79.8. The minimum absolute atomic E-state index is 0.231. The largest absolute Gasteiger partial charge is 0.344 e. The first-order valence-electron chi connectivity index (χ1n) is 49.3. The number of rotatable bonds is 12. The Hall–Kier alpha value is -18.1. The van der Waals surface area contributed by atoms with Gasteiger partial charge in [-0.2, -0.15) is 0 Å². The molecule has 0 spiro atoms. The summed E-state index contributed by atoms with van der Waals surface area (Å²) in [6.45, 7) is 2.37. The van der Waals surface area contributed by atoms with E-state index in [4.69, 9.17) is 0 Å². The van der Waals surface area contributed by atoms with Crippen molar-refractivity contribution >= 4 is 275 Å². The molecule has 30 rings (SSSR count). The third kappa shape index (κ3) is 11.3. The first kappa shape index (κ1) is 80.1. The number of aryl methyl sites for hydroxylation is 7. The van der Waals surface area contributed by atoms with Gasteiger partial charge >= 0.3 is 0 Å². The van der Waals surface area contributed by atoms with Crippen LogP contribution in [0.15, 0.2) is 413 Å². The van der Waals surface area contributed by atoms with E-state index in [-0.39, 0.29) is 5.92 Å². The van der Waals surface area contributed by atoms with Crippen LogP contribution in [0, 0.1) is 0 Å². The fourth-order valence-corrected chi connectivity index (χ4v) is 25.7. The fraction of sp³-hybridized carbons (Fsp3) is 0.0687. The molecule has 0 aliphatic heterocycles. The van der Waals surface area contributed by atoms with Gasteiger partial charge in [0.15, 0.2) is 0 Å². The Bertz CT molecular complexity index is 10000. The van der Waals surface area contributed by atoms with E-state index in [0.29, 0.717) is 0 Å². The molecule has 1 aliphatic carbocycles. The molecule has 11 heteroatoms. The van der Waals surface area contributed by atoms with Gasteiger partial charge in [-0.25, -0.2) is 0 Å². The molecule has 0 N–H and O–H groups in total. The van der Waals surface area contributed by atoms with Crippen LogP contribution in [0.1, 0.15) is 24.0 Å². The molecule has 672 valence electrons. The van der Waals surface area contributed by atoms with E-state index in [1.165, 1.54) is 175 Å². The summed E-state index contributed by atoms with van der Waals surface area (Å²) in [5.74, 6) is 0.231. The van der Waals surface area contributed by atoms with Crippen LogP contribution in [0.25, 0.3) is 218 Å². The van der Waals surface area contributed by atoms with Gasteiger partial charge in [-0.1, -0.05) is 189 Å². The summed E-state index contributed by atoms with van der Waals surface area (Å²) < 4.78 is 16.4. The summed E-state index contributed by atoms with van der Waals surface area (Å²) in [5, 5.41) is 28.1. The van der Waals surface area contributed by atoms with Crippen LogP contribution >= 0.6 is 0 Å². The summed E-state index contributed by atoms with van der Waals surface area (Å²) in [5.41, 5.74) is 34.4. The lowest BCUT2D eigenvalue weighted by atomic mass is 9.86. The molecule has 1 atom stereocenters. The van der Waals surface area contributed by atoms with Crippen molar-refractivity contribution in [2.24, 2.45) is 49.3 Å². The van der Waals surface area contributed by atoms with Crippen LogP contribution in [0.4, 0.5) is 68.2 Å². The van der Waals surface area contributed by atoms with Crippen molar-refractivity contribution in [3.05, 3.63) is 424 Å². The Morgan fingerprint density at radius 2 is 0.310 bits per heavy atom. The van der Waals surface area contributed by atoms with E-state index in [2.05, 4.69) is 520 Å². The summed E-state index contributed by atoms with van der Waals surface area (Å²) in [4.78, 5) is 10.2. The molecule has 29 aromatic rings. The second-order valence-electron chi connectivity index (χ2n) is 39.5. The molecular weight excluding hydrogens is 1730 g/mol. The lowest BCUT2D eigenvalue weighted by Crippen LogP contribution is -2.11. The van der Waals surface area contributed by atoms with Crippen molar-refractivity contribution in [2.45, 2.75) is 12.8 Å². The number of nitrogens with zero attached hydrogens (tertiary/aromatic N) is 11. The Balaban J connectivity index is 0.763. The standard InChI is InChI=1S/C131H93N11/c1-77-90-25-9-10-26-92(90)104-65-78(41-53-91(77)104)139(83-46-58-123-105(66-83)97-27-11-18-34-116(97)132(123)2)79-42-54-93-94-55-43-81(141(86-49-61-126-108(69-86)100-30-14-21-37-119(100)135(126)5)87-50-62-127-109(70-87)101-31-15-22-38-120(101)136(127)6)75-114(94)131-115-76-82(142(88-51-63-128-110(71-88)102-32-16-23-39-121(102)137(128)7)89-52-64-129-111(72-89)103-33-17-24-40-122(103)138(129)8)45-57-96(115)95-56-44-80(74-113(95)130(131)112(93)73-79)140(84-47-59-124-106(67-84)98-28-12-19-35-117(98)133(124)3)85-48-60-125-107(68-85)99-29-13-20-36-118(99)134(125)4/h9-77H,1-8H3. The normalized spacial score (nSPS) is 13.0. The lowest BCUT2D eigenvalue weighted by Gasteiger charge is -2.29. The highest BCUT2D eigenvalue weighted by atomic mass is 15.2. The SMILES string of the molecule is CC1c2ccccc2-c2cc(N(c3ccc4c5ccc(N(c6ccc7c(c6)c6ccccc6n7C)c6ccc7c(c6)c6ccccc6n7C)cc5c5c6cc(N(c7ccc8c(c7)c7ccccc7n8C)c7ccc8c(c7)c7ccccc7n8C)ccc6c6ccc(N(c7ccc8c(c7)c7ccccc7n8C)c7ccc8c(c7)c7ccccc7n8C)cc6c5c4c3)c3ccc4c(c3)c3ccccc3n4C)ccc21. The minimum Gasteiger partial charge on any atom is -0.344 e. The molecule has 7 heterocycles. The summed E-state index contributed by atoms with van der Waals surface area (Å²) >= 11 is 0. The Kier molecular flexibility index (Phi) is 16.8. The van der Waals surface area contributed by atoms with Crippen LogP contribution in [-0.2, 0) is 49.3 Å². The highest BCUT2D eigenvalue weighted by Crippen LogP contribution is 2.56. The summed E-state index contributed by atoms with van der Waals surface area (Å²) in [7, 11) is 15.4. The predicted molar refractivity (Wildman–Crippen MR) is 604 cm³/mol. The van der Waals surface area contributed by atoms with Gasteiger partial charge < -0.3 is 51.6 Å². The molecule has 0 saturated heterocycles. The van der Waals surface area contributed by atoms with E-state index in [1.807, 2.05) is 0 Å². The molecule has 0 fully saturated rings. The zero-order valence-electron chi connectivity index (χ0n) is 79.8. The minimum atomic E-state index is 0.231. The quantitative estimate of drug-likeness (QED) is 0.114. The molecule has 1 aliphatic rings. The van der Waals surface area contributed by atoms with Gasteiger partial charge in [-0.3, -0.25) is 0 Å². The monoisotopic (exact) mass is 1820 g/mol. The van der Waals surface area contributed by atoms with Crippen LogP contribution < -0.4 is 19.6 Å². The van der Waals surface area contributed by atoms with E-state index in [9.17, 15) is 0 Å². The van der Waals surface area contributed by atoms with E-state index in [1.54, 1.807) is 0 Å². The lowest BCUT2D eigenvalue weighted by molar-refractivity contribution is 0.956. The van der Waals surface area contributed by atoms with Crippen LogP contribution in [0.2, 0.25) is 0 Å². The highest BCUT2D eigenvalue weighted by Gasteiger charge is 2.32. The molecule has 0 bridgehead atoms. The number of anilines is 12. The second-order valence-corrected chi connectivity index (χ2v) is 39.5. The van der Waals surface area contributed by atoms with Crippen molar-refractivity contribution in [1.29, 1.82) is 0 Å². The smallest absolute Gasteiger partial charge is 0.0490 e. The average Bonchev–Trinajstić information content (AvgIpc) is 0.903. The Morgan fingerprint density at radius 3 is 0.542 bits per heavy atom. The molecule has 1 unspecified atom stereocenters. The van der Waals surface area contributed by atoms with Crippen LogP contribution in [-0.4, -0.2) is 32.0 Å².